The molecule has 0 bridgehead atoms. The van der Waals surface area contributed by atoms with Crippen LogP contribution < -0.4 is 0 Å². The van der Waals surface area contributed by atoms with Crippen molar-refractivity contribution in [1.82, 2.24) is 4.90 Å². The van der Waals surface area contributed by atoms with Crippen LogP contribution in [-0.2, 0) is 4.74 Å². The Balaban J connectivity index is 1.74. The molecule has 2 nitrogen and oxygen atoms in total. The van der Waals surface area contributed by atoms with Gasteiger partial charge in [-0.1, -0.05) is 15.9 Å². The topological polar surface area (TPSA) is 12.5 Å². The van der Waals surface area contributed by atoms with E-state index in [9.17, 15) is 0 Å². The second-order valence-electron chi connectivity index (χ2n) is 4.76. The van der Waals surface area contributed by atoms with Gasteiger partial charge in [-0.05, 0) is 45.1 Å². The summed E-state index contributed by atoms with van der Waals surface area (Å²) in [4.78, 5) is 2.67. The minimum Gasteiger partial charge on any atom is -0.377 e. The molecule has 0 spiro atoms. The van der Waals surface area contributed by atoms with Crippen LogP contribution in [0.3, 0.4) is 0 Å². The molecule has 0 aliphatic carbocycles. The SMILES string of the molecule is BrCCCC1CCCN1CC1CCCO1. The highest BCUT2D eigenvalue weighted by Gasteiger charge is 2.27. The highest BCUT2D eigenvalue weighted by Crippen LogP contribution is 2.24. The van der Waals surface area contributed by atoms with E-state index in [1.54, 1.807) is 0 Å². The smallest absolute Gasteiger partial charge is 0.0702 e. The third-order valence-corrected chi connectivity index (χ3v) is 4.19. The van der Waals surface area contributed by atoms with Crippen molar-refractivity contribution in [1.29, 1.82) is 0 Å². The molecule has 2 heterocycles. The van der Waals surface area contributed by atoms with Crippen molar-refractivity contribution in [2.24, 2.45) is 0 Å². The Morgan fingerprint density at radius 2 is 2.20 bits per heavy atom. The van der Waals surface area contributed by atoms with Gasteiger partial charge in [0.1, 0.15) is 0 Å². The minimum atomic E-state index is 0.537. The van der Waals surface area contributed by atoms with Gasteiger partial charge in [-0.2, -0.15) is 0 Å². The molecule has 0 aromatic carbocycles. The summed E-state index contributed by atoms with van der Waals surface area (Å²) in [7, 11) is 0. The molecule has 2 unspecified atom stereocenters. The lowest BCUT2D eigenvalue weighted by Gasteiger charge is -2.26. The Kier molecular flexibility index (Phi) is 4.92. The molecule has 2 rings (SSSR count). The molecule has 3 heteroatoms. The maximum absolute atomic E-state index is 5.72. The van der Waals surface area contributed by atoms with Gasteiger partial charge in [0, 0.05) is 24.5 Å². The molecule has 0 N–H and O–H groups in total. The first-order valence-corrected chi connectivity index (χ1v) is 7.44. The van der Waals surface area contributed by atoms with Gasteiger partial charge in [0.2, 0.25) is 0 Å². The van der Waals surface area contributed by atoms with Crippen LogP contribution in [0.15, 0.2) is 0 Å². The van der Waals surface area contributed by atoms with E-state index < -0.39 is 0 Å². The minimum absolute atomic E-state index is 0.537. The van der Waals surface area contributed by atoms with Crippen molar-refractivity contribution in [3.63, 3.8) is 0 Å². The van der Waals surface area contributed by atoms with Crippen molar-refractivity contribution in [2.45, 2.75) is 50.7 Å². The number of likely N-dealkylation sites (tertiary alicyclic amines) is 1. The van der Waals surface area contributed by atoms with Gasteiger partial charge in [-0.15, -0.1) is 0 Å². The summed E-state index contributed by atoms with van der Waals surface area (Å²) in [6, 6.07) is 0.840. The average molecular weight is 276 g/mol. The average Bonchev–Trinajstić information content (AvgIpc) is 2.87. The molecule has 2 saturated heterocycles. The Labute approximate surface area is 101 Å². The summed E-state index contributed by atoms with van der Waals surface area (Å²) in [6.45, 7) is 3.48. The third kappa shape index (κ3) is 3.43. The van der Waals surface area contributed by atoms with Crippen LogP contribution in [0.2, 0.25) is 0 Å². The number of hydrogen-bond donors (Lipinski definition) is 0. The fourth-order valence-electron chi connectivity index (χ4n) is 2.83. The molecule has 0 saturated carbocycles. The molecule has 0 aromatic heterocycles. The summed E-state index contributed by atoms with van der Waals surface area (Å²) < 4.78 is 5.72. The van der Waals surface area contributed by atoms with E-state index in [-0.39, 0.29) is 0 Å². The van der Waals surface area contributed by atoms with Gasteiger partial charge in [0.25, 0.3) is 0 Å². The molecule has 2 fully saturated rings. The number of alkyl halides is 1. The van der Waals surface area contributed by atoms with Gasteiger partial charge >= 0.3 is 0 Å². The Morgan fingerprint density at radius 3 is 2.93 bits per heavy atom. The zero-order chi connectivity index (χ0) is 10.5. The summed E-state index contributed by atoms with van der Waals surface area (Å²) in [5.41, 5.74) is 0. The van der Waals surface area contributed by atoms with Gasteiger partial charge < -0.3 is 4.74 Å². The molecule has 2 aliphatic rings. The van der Waals surface area contributed by atoms with Crippen molar-refractivity contribution in [3.8, 4) is 0 Å². The molecule has 0 aromatic rings. The fourth-order valence-corrected chi connectivity index (χ4v) is 3.15. The lowest BCUT2D eigenvalue weighted by Crippen LogP contribution is -2.36. The molecule has 2 atom stereocenters. The van der Waals surface area contributed by atoms with Gasteiger partial charge in [0.15, 0.2) is 0 Å². The fraction of sp³-hybridized carbons (Fsp3) is 1.00. The summed E-state index contributed by atoms with van der Waals surface area (Å²) in [6.07, 6.45) is 8.55. The third-order valence-electron chi connectivity index (χ3n) is 3.63. The number of hydrogen-bond acceptors (Lipinski definition) is 2. The van der Waals surface area contributed by atoms with Crippen LogP contribution in [0.4, 0.5) is 0 Å². The molecule has 88 valence electrons. The van der Waals surface area contributed by atoms with Crippen LogP contribution >= 0.6 is 15.9 Å². The molecular formula is C12H22BrNO. The van der Waals surface area contributed by atoms with Gasteiger partial charge in [0.05, 0.1) is 6.10 Å². The number of ether oxygens (including phenoxy) is 1. The highest BCUT2D eigenvalue weighted by molar-refractivity contribution is 9.09. The first-order chi connectivity index (χ1) is 7.40. The molecule has 0 amide bonds. The quantitative estimate of drug-likeness (QED) is 0.716. The lowest BCUT2D eigenvalue weighted by molar-refractivity contribution is 0.0677. The predicted molar refractivity (Wildman–Crippen MR) is 66.6 cm³/mol. The number of halogens is 1. The van der Waals surface area contributed by atoms with Crippen LogP contribution in [0.5, 0.6) is 0 Å². The Hall–Kier alpha value is 0.400. The van der Waals surface area contributed by atoms with E-state index in [1.807, 2.05) is 0 Å². The van der Waals surface area contributed by atoms with Crippen LogP contribution in [0.25, 0.3) is 0 Å². The van der Waals surface area contributed by atoms with Crippen LogP contribution in [0.1, 0.15) is 38.5 Å². The van der Waals surface area contributed by atoms with Gasteiger partial charge in [-0.3, -0.25) is 4.90 Å². The molecule has 0 radical (unpaired) electrons. The maximum Gasteiger partial charge on any atom is 0.0702 e. The second-order valence-corrected chi connectivity index (χ2v) is 5.55. The van der Waals surface area contributed by atoms with E-state index >= 15 is 0 Å². The van der Waals surface area contributed by atoms with E-state index in [4.69, 9.17) is 4.74 Å². The molecule has 15 heavy (non-hydrogen) atoms. The summed E-state index contributed by atoms with van der Waals surface area (Å²) in [5.74, 6) is 0. The predicted octanol–water partition coefficient (Wildman–Crippen LogP) is 2.80. The maximum atomic E-state index is 5.72. The van der Waals surface area contributed by atoms with E-state index in [2.05, 4.69) is 20.8 Å². The normalized spacial score (nSPS) is 32.6. The first kappa shape index (κ1) is 11.9. The standard InChI is InChI=1S/C12H22BrNO/c13-7-1-4-11-5-2-8-14(11)10-12-6-3-9-15-12/h11-12H,1-10H2. The van der Waals surface area contributed by atoms with Crippen LogP contribution in [0, 0.1) is 0 Å². The molecule has 2 aliphatic heterocycles. The van der Waals surface area contributed by atoms with Crippen LogP contribution in [-0.4, -0.2) is 42.1 Å². The Bertz CT molecular complexity index is 182. The summed E-state index contributed by atoms with van der Waals surface area (Å²) in [5, 5.41) is 1.15. The summed E-state index contributed by atoms with van der Waals surface area (Å²) >= 11 is 3.52. The Morgan fingerprint density at radius 1 is 1.27 bits per heavy atom. The van der Waals surface area contributed by atoms with E-state index in [1.165, 1.54) is 51.6 Å². The van der Waals surface area contributed by atoms with Crippen molar-refractivity contribution in [2.75, 3.05) is 25.0 Å². The zero-order valence-corrected chi connectivity index (χ0v) is 11.0. The van der Waals surface area contributed by atoms with Gasteiger partial charge in [-0.25, -0.2) is 0 Å². The second kappa shape index (κ2) is 6.21. The largest absolute Gasteiger partial charge is 0.377 e. The van der Waals surface area contributed by atoms with Crippen molar-refractivity contribution < 1.29 is 4.74 Å². The monoisotopic (exact) mass is 275 g/mol. The molecular weight excluding hydrogens is 254 g/mol. The van der Waals surface area contributed by atoms with Crippen molar-refractivity contribution in [3.05, 3.63) is 0 Å². The van der Waals surface area contributed by atoms with E-state index in [0.717, 1.165) is 18.0 Å². The zero-order valence-electron chi connectivity index (χ0n) is 9.46. The number of rotatable bonds is 5. The van der Waals surface area contributed by atoms with E-state index in [0.29, 0.717) is 6.10 Å². The lowest BCUT2D eigenvalue weighted by atomic mass is 10.1. The highest BCUT2D eigenvalue weighted by atomic mass is 79.9. The number of nitrogens with zero attached hydrogens (tertiary/aromatic N) is 1. The van der Waals surface area contributed by atoms with Crippen molar-refractivity contribution >= 4 is 15.9 Å². The first-order valence-electron chi connectivity index (χ1n) is 6.32.